The molecule has 0 saturated carbocycles. The summed E-state index contributed by atoms with van der Waals surface area (Å²) in [5.74, 6) is 2.60. The van der Waals surface area contributed by atoms with Crippen molar-refractivity contribution in [1.29, 1.82) is 0 Å². The van der Waals surface area contributed by atoms with Crippen molar-refractivity contribution >= 4 is 5.96 Å². The molecule has 1 aromatic heterocycles. The fourth-order valence-electron chi connectivity index (χ4n) is 2.78. The first-order chi connectivity index (χ1) is 12.6. The smallest absolute Gasteiger partial charge is 0.191 e. The first-order valence-electron chi connectivity index (χ1n) is 9.24. The van der Waals surface area contributed by atoms with Crippen molar-refractivity contribution in [1.82, 2.24) is 15.8 Å². The SMILES string of the molecule is CCNC(=NCc1ccc(C)c(OC)c1)NCc1c(CC)noc1CC. The molecule has 0 aliphatic rings. The molecule has 6 heteroatoms. The Morgan fingerprint density at radius 1 is 1.19 bits per heavy atom. The number of nitrogens with zero attached hydrogens (tertiary/aromatic N) is 2. The van der Waals surface area contributed by atoms with Crippen molar-refractivity contribution in [3.05, 3.63) is 46.3 Å². The number of hydrogen-bond acceptors (Lipinski definition) is 4. The summed E-state index contributed by atoms with van der Waals surface area (Å²) in [4.78, 5) is 4.69. The summed E-state index contributed by atoms with van der Waals surface area (Å²) in [6.07, 6.45) is 1.69. The van der Waals surface area contributed by atoms with Gasteiger partial charge in [-0.15, -0.1) is 0 Å². The van der Waals surface area contributed by atoms with E-state index in [9.17, 15) is 0 Å². The molecule has 142 valence electrons. The summed E-state index contributed by atoms with van der Waals surface area (Å²) in [6, 6.07) is 6.17. The van der Waals surface area contributed by atoms with Gasteiger partial charge >= 0.3 is 0 Å². The molecule has 1 heterocycles. The molecule has 0 bridgehead atoms. The van der Waals surface area contributed by atoms with Gasteiger partial charge in [-0.3, -0.25) is 0 Å². The number of rotatable bonds is 8. The number of aliphatic imine (C=N–C) groups is 1. The molecule has 0 atom stereocenters. The number of aromatic nitrogens is 1. The number of methoxy groups -OCH3 is 1. The van der Waals surface area contributed by atoms with E-state index in [1.54, 1.807) is 7.11 Å². The largest absolute Gasteiger partial charge is 0.496 e. The van der Waals surface area contributed by atoms with Gasteiger partial charge in [-0.2, -0.15) is 0 Å². The van der Waals surface area contributed by atoms with Crippen LogP contribution in [0, 0.1) is 6.92 Å². The molecule has 2 N–H and O–H groups in total. The first kappa shape index (κ1) is 19.8. The van der Waals surface area contributed by atoms with Crippen LogP contribution in [0.15, 0.2) is 27.7 Å². The third-order valence-electron chi connectivity index (χ3n) is 4.28. The number of aryl methyl sites for hydroxylation is 3. The van der Waals surface area contributed by atoms with E-state index in [1.807, 2.05) is 13.0 Å². The molecule has 6 nitrogen and oxygen atoms in total. The lowest BCUT2D eigenvalue weighted by Gasteiger charge is -2.12. The quantitative estimate of drug-likeness (QED) is 0.559. The van der Waals surface area contributed by atoms with Gasteiger partial charge in [-0.05, 0) is 37.5 Å². The fourth-order valence-corrected chi connectivity index (χ4v) is 2.78. The maximum absolute atomic E-state index is 5.43. The van der Waals surface area contributed by atoms with Crippen molar-refractivity contribution in [3.8, 4) is 5.75 Å². The molecule has 0 fully saturated rings. The van der Waals surface area contributed by atoms with Crippen LogP contribution in [0.3, 0.4) is 0 Å². The third-order valence-corrected chi connectivity index (χ3v) is 4.28. The highest BCUT2D eigenvalue weighted by atomic mass is 16.5. The van der Waals surface area contributed by atoms with Gasteiger partial charge in [0, 0.05) is 25.1 Å². The molecular weight excluding hydrogens is 328 g/mol. The highest BCUT2D eigenvalue weighted by Gasteiger charge is 2.13. The predicted octanol–water partition coefficient (Wildman–Crippen LogP) is 3.37. The van der Waals surface area contributed by atoms with E-state index in [4.69, 9.17) is 9.26 Å². The van der Waals surface area contributed by atoms with Crippen LogP contribution in [0.5, 0.6) is 5.75 Å². The summed E-state index contributed by atoms with van der Waals surface area (Å²) in [6.45, 7) is 10.3. The summed E-state index contributed by atoms with van der Waals surface area (Å²) in [7, 11) is 1.69. The van der Waals surface area contributed by atoms with Crippen molar-refractivity contribution in [2.24, 2.45) is 4.99 Å². The van der Waals surface area contributed by atoms with Gasteiger partial charge in [0.2, 0.25) is 0 Å². The van der Waals surface area contributed by atoms with Gasteiger partial charge in [0.15, 0.2) is 5.96 Å². The number of hydrogen-bond donors (Lipinski definition) is 2. The van der Waals surface area contributed by atoms with Gasteiger partial charge in [0.1, 0.15) is 11.5 Å². The lowest BCUT2D eigenvalue weighted by molar-refractivity contribution is 0.380. The van der Waals surface area contributed by atoms with Crippen molar-refractivity contribution < 1.29 is 9.26 Å². The van der Waals surface area contributed by atoms with Crippen LogP contribution in [0.2, 0.25) is 0 Å². The maximum atomic E-state index is 5.43. The molecule has 0 amide bonds. The maximum Gasteiger partial charge on any atom is 0.191 e. The Balaban J connectivity index is 2.08. The molecule has 2 aromatic rings. The third kappa shape index (κ3) is 5.00. The molecule has 1 aromatic carbocycles. The van der Waals surface area contributed by atoms with Crippen LogP contribution in [-0.2, 0) is 25.9 Å². The van der Waals surface area contributed by atoms with E-state index in [-0.39, 0.29) is 0 Å². The first-order valence-corrected chi connectivity index (χ1v) is 9.24. The van der Waals surface area contributed by atoms with Crippen LogP contribution in [0.1, 0.15) is 48.9 Å². The van der Waals surface area contributed by atoms with Crippen LogP contribution in [0.25, 0.3) is 0 Å². The summed E-state index contributed by atoms with van der Waals surface area (Å²) < 4.78 is 10.8. The molecule has 0 saturated heterocycles. The zero-order chi connectivity index (χ0) is 18.9. The Bertz CT molecular complexity index is 716. The molecule has 26 heavy (non-hydrogen) atoms. The average Bonchev–Trinajstić information content (AvgIpc) is 3.07. The van der Waals surface area contributed by atoms with Crippen LogP contribution in [0.4, 0.5) is 0 Å². The van der Waals surface area contributed by atoms with E-state index in [2.05, 4.69) is 53.7 Å². The normalized spacial score (nSPS) is 11.5. The Kier molecular flexibility index (Phi) is 7.51. The minimum atomic E-state index is 0.580. The summed E-state index contributed by atoms with van der Waals surface area (Å²) >= 11 is 0. The Morgan fingerprint density at radius 3 is 2.65 bits per heavy atom. The summed E-state index contributed by atoms with van der Waals surface area (Å²) in [5.41, 5.74) is 4.38. The van der Waals surface area contributed by atoms with E-state index in [1.165, 1.54) is 0 Å². The van der Waals surface area contributed by atoms with Gasteiger partial charge in [-0.1, -0.05) is 31.1 Å². The van der Waals surface area contributed by atoms with Gasteiger partial charge in [-0.25, -0.2) is 4.99 Å². The molecule has 0 spiro atoms. The molecule has 2 rings (SSSR count). The van der Waals surface area contributed by atoms with Crippen molar-refractivity contribution in [2.75, 3.05) is 13.7 Å². The second-order valence-corrected chi connectivity index (χ2v) is 6.09. The Hall–Kier alpha value is -2.50. The van der Waals surface area contributed by atoms with Crippen LogP contribution < -0.4 is 15.4 Å². The number of nitrogens with one attached hydrogen (secondary N) is 2. The highest BCUT2D eigenvalue weighted by Crippen LogP contribution is 2.19. The topological polar surface area (TPSA) is 71.7 Å². The van der Waals surface area contributed by atoms with E-state index in [0.29, 0.717) is 13.1 Å². The number of benzene rings is 1. The zero-order valence-electron chi connectivity index (χ0n) is 16.5. The molecule has 0 aliphatic heterocycles. The van der Waals surface area contributed by atoms with E-state index >= 15 is 0 Å². The highest BCUT2D eigenvalue weighted by molar-refractivity contribution is 5.79. The molecule has 0 unspecified atom stereocenters. The monoisotopic (exact) mass is 358 g/mol. The Morgan fingerprint density at radius 2 is 2.00 bits per heavy atom. The van der Waals surface area contributed by atoms with Gasteiger partial charge in [0.25, 0.3) is 0 Å². The minimum absolute atomic E-state index is 0.580. The van der Waals surface area contributed by atoms with Gasteiger partial charge in [0.05, 0.1) is 19.3 Å². The lowest BCUT2D eigenvalue weighted by Crippen LogP contribution is -2.37. The number of ether oxygens (including phenoxy) is 1. The number of guanidine groups is 1. The predicted molar refractivity (Wildman–Crippen MR) is 105 cm³/mol. The lowest BCUT2D eigenvalue weighted by atomic mass is 10.1. The minimum Gasteiger partial charge on any atom is -0.496 e. The van der Waals surface area contributed by atoms with Crippen LogP contribution in [-0.4, -0.2) is 24.8 Å². The molecule has 0 aliphatic carbocycles. The zero-order valence-corrected chi connectivity index (χ0v) is 16.5. The van der Waals surface area contributed by atoms with E-state index < -0.39 is 0 Å². The van der Waals surface area contributed by atoms with Crippen LogP contribution >= 0.6 is 0 Å². The van der Waals surface area contributed by atoms with Crippen molar-refractivity contribution in [2.45, 2.75) is 53.6 Å². The second-order valence-electron chi connectivity index (χ2n) is 6.09. The molecular formula is C20H30N4O2. The fraction of sp³-hybridized carbons (Fsp3) is 0.500. The average molecular weight is 358 g/mol. The van der Waals surface area contributed by atoms with Crippen molar-refractivity contribution in [3.63, 3.8) is 0 Å². The molecule has 0 radical (unpaired) electrons. The van der Waals surface area contributed by atoms with Gasteiger partial charge < -0.3 is 19.9 Å². The second kappa shape index (κ2) is 9.85. The summed E-state index contributed by atoms with van der Waals surface area (Å²) in [5, 5.41) is 10.8. The Labute approximate surface area is 156 Å². The van der Waals surface area contributed by atoms with E-state index in [0.717, 1.165) is 59.2 Å². The standard InChI is InChI=1S/C20H30N4O2/c1-6-17-16(18(7-2)26-24-17)13-23-20(21-8-3)22-12-15-10-9-14(4)19(11-15)25-5/h9-11H,6-8,12-13H2,1-5H3,(H2,21,22,23).